The first kappa shape index (κ1) is 28.7. The smallest absolute Gasteiger partial charge is 0.410 e. The highest BCUT2D eigenvalue weighted by Gasteiger charge is 2.29. The average molecular weight is 525 g/mol. The quantitative estimate of drug-likeness (QED) is 0.471. The third-order valence-electron chi connectivity index (χ3n) is 6.18. The van der Waals surface area contributed by atoms with E-state index in [4.69, 9.17) is 4.74 Å². The summed E-state index contributed by atoms with van der Waals surface area (Å²) < 4.78 is 18.8. The highest BCUT2D eigenvalue weighted by atomic mass is 19.1. The van der Waals surface area contributed by atoms with Crippen LogP contribution < -0.4 is 16.0 Å². The van der Waals surface area contributed by atoms with Gasteiger partial charge in [0.25, 0.3) is 0 Å². The van der Waals surface area contributed by atoms with Crippen LogP contribution in [0.2, 0.25) is 0 Å². The van der Waals surface area contributed by atoms with Gasteiger partial charge in [-0.1, -0.05) is 24.3 Å². The number of benzene rings is 1. The number of likely N-dealkylation sites (N-methyl/N-ethyl adjacent to an activating group) is 1. The first-order valence-electron chi connectivity index (χ1n) is 12.8. The predicted molar refractivity (Wildman–Crippen MR) is 145 cm³/mol. The number of carbonyl (C=O) groups is 2. The molecule has 2 aromatic rings. The molecule has 9 nitrogen and oxygen atoms in total. The Labute approximate surface area is 224 Å². The Balaban J connectivity index is 1.60. The van der Waals surface area contributed by atoms with E-state index in [-0.39, 0.29) is 23.7 Å². The molecule has 1 fully saturated rings. The fourth-order valence-electron chi connectivity index (χ4n) is 4.04. The molecule has 38 heavy (non-hydrogen) atoms. The average Bonchev–Trinajstić information content (AvgIpc) is 2.86. The Morgan fingerprint density at radius 1 is 1.26 bits per heavy atom. The fourth-order valence-corrected chi connectivity index (χ4v) is 4.04. The number of nitrogens with one attached hydrogen (secondary N) is 3. The van der Waals surface area contributed by atoms with Gasteiger partial charge >= 0.3 is 6.09 Å². The van der Waals surface area contributed by atoms with Crippen molar-refractivity contribution in [3.8, 4) is 11.8 Å². The molecule has 1 saturated carbocycles. The van der Waals surface area contributed by atoms with Crippen LogP contribution in [-0.2, 0) is 9.53 Å². The Hall–Kier alpha value is -3.87. The lowest BCUT2D eigenvalue weighted by molar-refractivity contribution is -0.126. The maximum absolute atomic E-state index is 13.5. The first-order chi connectivity index (χ1) is 17.9. The van der Waals surface area contributed by atoms with E-state index in [1.807, 2.05) is 0 Å². The molecule has 0 bridgehead atoms. The molecule has 1 aliphatic rings. The van der Waals surface area contributed by atoms with E-state index in [1.54, 1.807) is 60.1 Å². The van der Waals surface area contributed by atoms with Gasteiger partial charge in [0.1, 0.15) is 23.3 Å². The number of carbonyl (C=O) groups excluding carboxylic acids is 2. The fraction of sp³-hybridized carbons (Fsp3) is 0.500. The number of amides is 2. The SMILES string of the molecule is CNc1nc(Nc2cccc(F)c2)ncc1C#C[C@@H]1CCC[C@H](NC(=O)[C@H](C)N(C)C(=O)OC(C)(C)C)C1. The van der Waals surface area contributed by atoms with Crippen LogP contribution in [0.4, 0.5) is 26.6 Å². The number of halogens is 1. The van der Waals surface area contributed by atoms with Crippen LogP contribution in [0.5, 0.6) is 0 Å². The van der Waals surface area contributed by atoms with Crippen molar-refractivity contribution in [1.82, 2.24) is 20.2 Å². The van der Waals surface area contributed by atoms with Gasteiger partial charge in [0.15, 0.2) is 0 Å². The number of hydrogen-bond donors (Lipinski definition) is 3. The molecule has 2 amide bonds. The van der Waals surface area contributed by atoms with Crippen LogP contribution in [0.1, 0.15) is 58.9 Å². The van der Waals surface area contributed by atoms with E-state index in [1.165, 1.54) is 17.0 Å². The lowest BCUT2D eigenvalue weighted by Gasteiger charge is -2.31. The van der Waals surface area contributed by atoms with Crippen molar-refractivity contribution in [2.24, 2.45) is 5.92 Å². The monoisotopic (exact) mass is 524 g/mol. The largest absolute Gasteiger partial charge is 0.444 e. The Morgan fingerprint density at radius 2 is 2.03 bits per heavy atom. The van der Waals surface area contributed by atoms with Gasteiger partial charge in [-0.2, -0.15) is 4.98 Å². The van der Waals surface area contributed by atoms with Crippen LogP contribution in [0, 0.1) is 23.6 Å². The Bertz CT molecular complexity index is 1200. The number of anilines is 3. The second-order valence-corrected chi connectivity index (χ2v) is 10.4. The number of ether oxygens (including phenoxy) is 1. The summed E-state index contributed by atoms with van der Waals surface area (Å²) in [6, 6.07) is 5.39. The molecule has 0 unspecified atom stereocenters. The zero-order valence-corrected chi connectivity index (χ0v) is 22.9. The van der Waals surface area contributed by atoms with Crippen LogP contribution >= 0.6 is 0 Å². The van der Waals surface area contributed by atoms with Crippen LogP contribution in [0.25, 0.3) is 0 Å². The van der Waals surface area contributed by atoms with Crippen molar-refractivity contribution in [3.63, 3.8) is 0 Å². The maximum Gasteiger partial charge on any atom is 0.410 e. The maximum atomic E-state index is 13.5. The van der Waals surface area contributed by atoms with E-state index in [9.17, 15) is 14.0 Å². The Kier molecular flexibility index (Phi) is 9.50. The zero-order chi connectivity index (χ0) is 27.9. The summed E-state index contributed by atoms with van der Waals surface area (Å²) >= 11 is 0. The van der Waals surface area contributed by atoms with Crippen molar-refractivity contribution in [2.45, 2.75) is 71.1 Å². The summed E-state index contributed by atoms with van der Waals surface area (Å²) in [5.41, 5.74) is 0.566. The van der Waals surface area contributed by atoms with Crippen molar-refractivity contribution in [3.05, 3.63) is 41.8 Å². The van der Waals surface area contributed by atoms with Gasteiger partial charge in [0, 0.05) is 31.7 Å². The van der Waals surface area contributed by atoms with Gasteiger partial charge in [-0.15, -0.1) is 0 Å². The van der Waals surface area contributed by atoms with E-state index in [0.29, 0.717) is 23.0 Å². The van der Waals surface area contributed by atoms with Gasteiger partial charge in [-0.05, 0) is 65.2 Å². The molecule has 3 N–H and O–H groups in total. The molecular weight excluding hydrogens is 487 g/mol. The minimum Gasteiger partial charge on any atom is -0.444 e. The molecule has 1 aromatic heterocycles. The molecule has 0 saturated heterocycles. The molecular formula is C28H37FN6O3. The summed E-state index contributed by atoms with van der Waals surface area (Å²) in [7, 11) is 3.31. The summed E-state index contributed by atoms with van der Waals surface area (Å²) in [5.74, 6) is 6.91. The molecule has 3 atom stereocenters. The molecule has 0 spiro atoms. The summed E-state index contributed by atoms with van der Waals surface area (Å²) in [5, 5.41) is 9.10. The molecule has 10 heteroatoms. The predicted octanol–water partition coefficient (Wildman–Crippen LogP) is 4.68. The lowest BCUT2D eigenvalue weighted by atomic mass is 9.86. The number of hydrogen-bond acceptors (Lipinski definition) is 7. The van der Waals surface area contributed by atoms with Gasteiger partial charge in [-0.3, -0.25) is 9.69 Å². The molecule has 0 radical (unpaired) electrons. The number of rotatable bonds is 6. The second kappa shape index (κ2) is 12.6. The van der Waals surface area contributed by atoms with E-state index >= 15 is 0 Å². The lowest BCUT2D eigenvalue weighted by Crippen LogP contribution is -2.50. The molecule has 204 valence electrons. The topological polar surface area (TPSA) is 108 Å². The first-order valence-corrected chi connectivity index (χ1v) is 12.8. The minimum atomic E-state index is -0.661. The van der Waals surface area contributed by atoms with E-state index in [0.717, 1.165) is 25.7 Å². The van der Waals surface area contributed by atoms with Crippen molar-refractivity contribution in [1.29, 1.82) is 0 Å². The highest BCUT2D eigenvalue weighted by Crippen LogP contribution is 2.25. The van der Waals surface area contributed by atoms with Gasteiger partial charge in [0.2, 0.25) is 11.9 Å². The normalized spacial score (nSPS) is 17.9. The standard InChI is InChI=1S/C28H37FN6O3/c1-18(35(6)27(37)38-28(2,3)4)25(36)32-22-11-7-9-19(15-22)13-14-20-17-31-26(34-24(20)30-5)33-23-12-8-10-21(29)16-23/h8,10,12,16-19,22H,7,9,11,15H2,1-6H3,(H,32,36)(H2,30,31,33,34)/t18-,19-,22-/m0/s1. The summed E-state index contributed by atoms with van der Waals surface area (Å²) in [6.07, 6.45) is 4.54. The van der Waals surface area contributed by atoms with E-state index in [2.05, 4.69) is 37.8 Å². The van der Waals surface area contributed by atoms with Gasteiger partial charge < -0.3 is 20.7 Å². The van der Waals surface area contributed by atoms with Crippen molar-refractivity contribution < 1.29 is 18.7 Å². The van der Waals surface area contributed by atoms with Crippen LogP contribution in [-0.4, -0.2) is 58.6 Å². The minimum absolute atomic E-state index is 0.0251. The summed E-state index contributed by atoms with van der Waals surface area (Å²) in [4.78, 5) is 35.2. The van der Waals surface area contributed by atoms with Crippen LogP contribution in [0.3, 0.4) is 0 Å². The van der Waals surface area contributed by atoms with Gasteiger partial charge in [0.05, 0.1) is 11.8 Å². The number of nitrogens with zero attached hydrogens (tertiary/aromatic N) is 3. The molecule has 1 aromatic carbocycles. The zero-order valence-electron chi connectivity index (χ0n) is 22.9. The molecule has 0 aliphatic heterocycles. The molecule has 1 aliphatic carbocycles. The van der Waals surface area contributed by atoms with Crippen LogP contribution in [0.15, 0.2) is 30.5 Å². The molecule has 1 heterocycles. The molecule has 3 rings (SSSR count). The third kappa shape index (κ3) is 8.33. The summed E-state index contributed by atoms with van der Waals surface area (Å²) in [6.45, 7) is 7.05. The Morgan fingerprint density at radius 3 is 2.71 bits per heavy atom. The van der Waals surface area contributed by atoms with E-state index < -0.39 is 17.7 Å². The third-order valence-corrected chi connectivity index (χ3v) is 6.18. The highest BCUT2D eigenvalue weighted by molar-refractivity contribution is 5.85. The van der Waals surface area contributed by atoms with Gasteiger partial charge in [-0.25, -0.2) is 14.2 Å². The second-order valence-electron chi connectivity index (χ2n) is 10.4. The number of aromatic nitrogens is 2. The van der Waals surface area contributed by atoms with Crippen molar-refractivity contribution >= 4 is 29.5 Å². The van der Waals surface area contributed by atoms with Crippen molar-refractivity contribution in [2.75, 3.05) is 24.7 Å².